The molecule has 1 aliphatic heterocycles. The zero-order valence-corrected chi connectivity index (χ0v) is 18.4. The van der Waals surface area contributed by atoms with E-state index >= 15 is 0 Å². The molecule has 1 saturated carbocycles. The van der Waals surface area contributed by atoms with Crippen molar-refractivity contribution in [2.45, 2.75) is 44.0 Å². The van der Waals surface area contributed by atoms with E-state index in [0.717, 1.165) is 42.5 Å². The van der Waals surface area contributed by atoms with Gasteiger partial charge in [0.05, 0.1) is 4.90 Å². The Morgan fingerprint density at radius 1 is 1.03 bits per heavy atom. The third kappa shape index (κ3) is 4.97. The first kappa shape index (κ1) is 21.5. The molecule has 1 aliphatic carbocycles. The van der Waals surface area contributed by atoms with Gasteiger partial charge in [0.2, 0.25) is 15.9 Å². The molecule has 8 heteroatoms. The highest BCUT2D eigenvalue weighted by Crippen LogP contribution is 2.30. The molecule has 7 nitrogen and oxygen atoms in total. The summed E-state index contributed by atoms with van der Waals surface area (Å²) in [6.07, 6.45) is 3.63. The Bertz CT molecular complexity index is 1090. The first-order valence-electron chi connectivity index (χ1n) is 10.6. The maximum Gasteiger partial charge on any atom is 0.251 e. The minimum atomic E-state index is -3.58. The van der Waals surface area contributed by atoms with Gasteiger partial charge in [-0.05, 0) is 68.0 Å². The Morgan fingerprint density at radius 2 is 1.71 bits per heavy atom. The highest BCUT2D eigenvalue weighted by Gasteiger charge is 2.29. The number of carbonyl (C=O) groups excluding carboxylic acids is 2. The summed E-state index contributed by atoms with van der Waals surface area (Å²) in [6.45, 7) is 3.14. The molecule has 1 saturated heterocycles. The second-order valence-electron chi connectivity index (χ2n) is 8.23. The summed E-state index contributed by atoms with van der Waals surface area (Å²) < 4.78 is 27.1. The Kier molecular flexibility index (Phi) is 6.11. The number of sulfonamides is 1. The van der Waals surface area contributed by atoms with Gasteiger partial charge in [-0.3, -0.25) is 9.59 Å². The maximum atomic E-state index is 12.8. The van der Waals surface area contributed by atoms with Gasteiger partial charge in [-0.25, -0.2) is 8.42 Å². The molecule has 2 aromatic rings. The molecule has 2 N–H and O–H groups in total. The van der Waals surface area contributed by atoms with Crippen molar-refractivity contribution in [1.29, 1.82) is 0 Å². The normalized spacial score (nSPS) is 16.8. The zero-order valence-electron chi connectivity index (χ0n) is 17.6. The molecule has 0 spiro atoms. The van der Waals surface area contributed by atoms with Crippen LogP contribution < -0.4 is 10.6 Å². The summed E-state index contributed by atoms with van der Waals surface area (Å²) in [5.74, 6) is -0.116. The van der Waals surface area contributed by atoms with Crippen molar-refractivity contribution in [2.24, 2.45) is 5.92 Å². The lowest BCUT2D eigenvalue weighted by molar-refractivity contribution is -0.117. The maximum absolute atomic E-state index is 12.8. The predicted octanol–water partition coefficient (Wildman–Crippen LogP) is 3.06. The molecule has 1 heterocycles. The molecule has 0 atom stereocenters. The van der Waals surface area contributed by atoms with Gasteiger partial charge in [0.25, 0.3) is 5.91 Å². The van der Waals surface area contributed by atoms with Crippen molar-refractivity contribution in [2.75, 3.05) is 18.4 Å². The quantitative estimate of drug-likeness (QED) is 0.690. The Labute approximate surface area is 182 Å². The molecule has 0 aromatic heterocycles. The van der Waals surface area contributed by atoms with Crippen LogP contribution in [-0.4, -0.2) is 37.6 Å². The predicted molar refractivity (Wildman–Crippen MR) is 118 cm³/mol. The Morgan fingerprint density at radius 3 is 2.35 bits per heavy atom. The summed E-state index contributed by atoms with van der Waals surface area (Å²) in [7, 11) is -3.58. The summed E-state index contributed by atoms with van der Waals surface area (Å²) in [5, 5.41) is 5.74. The van der Waals surface area contributed by atoms with Crippen LogP contribution in [0.5, 0.6) is 0 Å². The first-order chi connectivity index (χ1) is 14.8. The monoisotopic (exact) mass is 441 g/mol. The Hall–Kier alpha value is -2.71. The van der Waals surface area contributed by atoms with E-state index in [4.69, 9.17) is 0 Å². The summed E-state index contributed by atoms with van der Waals surface area (Å²) in [6, 6.07) is 12.0. The van der Waals surface area contributed by atoms with Gasteiger partial charge in [-0.1, -0.05) is 18.2 Å². The van der Waals surface area contributed by atoms with Crippen LogP contribution in [0.2, 0.25) is 0 Å². The van der Waals surface area contributed by atoms with Gasteiger partial charge in [-0.2, -0.15) is 4.31 Å². The van der Waals surface area contributed by atoms with E-state index in [9.17, 15) is 18.0 Å². The molecule has 2 amide bonds. The van der Waals surface area contributed by atoms with E-state index in [1.807, 2.05) is 24.3 Å². The fraction of sp³-hybridized carbons (Fsp3) is 0.391. The zero-order chi connectivity index (χ0) is 22.0. The fourth-order valence-corrected chi connectivity index (χ4v) is 5.20. The average Bonchev–Trinajstić information content (AvgIpc) is 3.46. The summed E-state index contributed by atoms with van der Waals surface area (Å²) >= 11 is 0. The van der Waals surface area contributed by atoms with Gasteiger partial charge in [-0.15, -0.1) is 0 Å². The molecule has 164 valence electrons. The molecule has 0 radical (unpaired) electrons. The van der Waals surface area contributed by atoms with E-state index in [1.165, 1.54) is 10.4 Å². The van der Waals surface area contributed by atoms with Crippen LogP contribution in [0, 0.1) is 12.8 Å². The number of carbonyl (C=O) groups is 2. The second kappa shape index (κ2) is 8.80. The van der Waals surface area contributed by atoms with E-state index in [-0.39, 0.29) is 22.6 Å². The van der Waals surface area contributed by atoms with E-state index in [0.29, 0.717) is 25.2 Å². The van der Waals surface area contributed by atoms with Gasteiger partial charge in [0, 0.05) is 36.8 Å². The van der Waals surface area contributed by atoms with Crippen LogP contribution in [0.3, 0.4) is 0 Å². The molecule has 31 heavy (non-hydrogen) atoms. The van der Waals surface area contributed by atoms with Gasteiger partial charge in [0.15, 0.2) is 0 Å². The minimum Gasteiger partial charge on any atom is -0.348 e. The van der Waals surface area contributed by atoms with Crippen LogP contribution in [0.4, 0.5) is 5.69 Å². The number of anilines is 1. The van der Waals surface area contributed by atoms with Crippen LogP contribution in [0.15, 0.2) is 47.4 Å². The number of nitrogens with zero attached hydrogens (tertiary/aromatic N) is 1. The van der Waals surface area contributed by atoms with Gasteiger partial charge in [0.1, 0.15) is 0 Å². The fourth-order valence-electron chi connectivity index (χ4n) is 3.66. The lowest BCUT2D eigenvalue weighted by Gasteiger charge is -2.17. The average molecular weight is 442 g/mol. The number of hydrogen-bond donors (Lipinski definition) is 2. The summed E-state index contributed by atoms with van der Waals surface area (Å²) in [4.78, 5) is 24.7. The van der Waals surface area contributed by atoms with Crippen molar-refractivity contribution < 1.29 is 18.0 Å². The number of rotatable bonds is 7. The van der Waals surface area contributed by atoms with E-state index in [2.05, 4.69) is 10.6 Å². The van der Waals surface area contributed by atoms with E-state index in [1.54, 1.807) is 19.1 Å². The van der Waals surface area contributed by atoms with E-state index < -0.39 is 10.0 Å². The van der Waals surface area contributed by atoms with Crippen LogP contribution in [0.25, 0.3) is 0 Å². The molecule has 0 unspecified atom stereocenters. The molecule has 2 aliphatic rings. The van der Waals surface area contributed by atoms with Crippen molar-refractivity contribution in [3.63, 3.8) is 0 Å². The van der Waals surface area contributed by atoms with Crippen molar-refractivity contribution in [1.82, 2.24) is 9.62 Å². The van der Waals surface area contributed by atoms with Crippen molar-refractivity contribution in [3.05, 3.63) is 59.2 Å². The number of nitrogens with one attached hydrogen (secondary N) is 2. The van der Waals surface area contributed by atoms with Gasteiger partial charge >= 0.3 is 0 Å². The highest BCUT2D eigenvalue weighted by molar-refractivity contribution is 7.89. The Balaban J connectivity index is 1.40. The van der Waals surface area contributed by atoms with Crippen LogP contribution >= 0.6 is 0 Å². The number of hydrogen-bond acceptors (Lipinski definition) is 4. The largest absolute Gasteiger partial charge is 0.348 e. The summed E-state index contributed by atoms with van der Waals surface area (Å²) in [5.41, 5.74) is 2.70. The van der Waals surface area contributed by atoms with Crippen LogP contribution in [-0.2, 0) is 21.4 Å². The van der Waals surface area contributed by atoms with Crippen molar-refractivity contribution in [3.8, 4) is 0 Å². The third-order valence-corrected chi connectivity index (χ3v) is 7.67. The lowest BCUT2D eigenvalue weighted by Crippen LogP contribution is -2.29. The standard InChI is InChI=1S/C23H27N3O4S/c1-16-4-11-20(31(29,30)26-12-2-3-13-26)14-21(16)23(28)24-15-17-5-9-19(10-6-17)25-22(27)18-7-8-18/h4-6,9-11,14,18H,2-3,7-8,12-13,15H2,1H3,(H,24,28)(H,25,27). The van der Waals surface area contributed by atoms with Gasteiger partial charge < -0.3 is 10.6 Å². The second-order valence-corrected chi connectivity index (χ2v) is 10.2. The SMILES string of the molecule is Cc1ccc(S(=O)(=O)N2CCCC2)cc1C(=O)NCc1ccc(NC(=O)C2CC2)cc1. The highest BCUT2D eigenvalue weighted by atomic mass is 32.2. The number of aryl methyl sites for hydroxylation is 1. The molecule has 0 bridgehead atoms. The molecule has 4 rings (SSSR count). The topological polar surface area (TPSA) is 95.6 Å². The number of benzene rings is 2. The smallest absolute Gasteiger partial charge is 0.251 e. The molecule has 2 fully saturated rings. The van der Waals surface area contributed by atoms with Crippen molar-refractivity contribution >= 4 is 27.5 Å². The number of amides is 2. The molecule has 2 aromatic carbocycles. The lowest BCUT2D eigenvalue weighted by atomic mass is 10.1. The minimum absolute atomic E-state index is 0.0558. The first-order valence-corrected chi connectivity index (χ1v) is 12.1. The molecular formula is C23H27N3O4S. The van der Waals surface area contributed by atoms with Crippen LogP contribution in [0.1, 0.15) is 47.2 Å². The third-order valence-electron chi connectivity index (χ3n) is 5.78. The molecular weight excluding hydrogens is 414 g/mol.